The summed E-state index contributed by atoms with van der Waals surface area (Å²) in [4.78, 5) is 5.86. The van der Waals surface area contributed by atoms with Gasteiger partial charge in [0.15, 0.2) is 0 Å². The third-order valence-electron chi connectivity index (χ3n) is 0.672. The van der Waals surface area contributed by atoms with Gasteiger partial charge >= 0.3 is 6.08 Å². The first kappa shape index (κ1) is 6.54. The number of nitrogens with zero attached hydrogens (tertiary/aromatic N) is 2. The zero-order chi connectivity index (χ0) is 6.85. The van der Waals surface area contributed by atoms with E-state index in [2.05, 4.69) is 25.9 Å². The Morgan fingerprint density at radius 2 is 2.11 bits per heavy atom. The van der Waals surface area contributed by atoms with Crippen molar-refractivity contribution in [3.8, 4) is 0 Å². The van der Waals surface area contributed by atoms with Gasteiger partial charge < -0.3 is 0 Å². The van der Waals surface area contributed by atoms with Crippen LogP contribution in [0.1, 0.15) is 0 Å². The summed E-state index contributed by atoms with van der Waals surface area (Å²) in [6, 6.07) is 0. The maximum atomic E-state index is 12.1. The number of hydrogen-bond donors (Lipinski definition) is 0. The molecule has 0 spiro atoms. The molecule has 0 aliphatic heterocycles. The molecule has 1 rings (SSSR count). The molecule has 5 heteroatoms. The van der Waals surface area contributed by atoms with Crippen molar-refractivity contribution in [3.63, 3.8) is 0 Å². The predicted octanol–water partition coefficient (Wildman–Crippen LogP) is 1.52. The van der Waals surface area contributed by atoms with Crippen LogP contribution in [0.3, 0.4) is 0 Å². The third-order valence-corrected chi connectivity index (χ3v) is 1.20. The zero-order valence-corrected chi connectivity index (χ0v) is 5.69. The van der Waals surface area contributed by atoms with Gasteiger partial charge in [-0.25, -0.2) is 4.98 Å². The minimum atomic E-state index is -1.06. The highest BCUT2D eigenvalue weighted by atomic mass is 79.9. The van der Waals surface area contributed by atoms with E-state index in [4.69, 9.17) is 0 Å². The molecule has 0 unspecified atom stereocenters. The fourth-order valence-electron chi connectivity index (χ4n) is 0.326. The fraction of sp³-hybridized carbons (Fsp3) is 0. The predicted molar refractivity (Wildman–Crippen MR) is 29.6 cm³/mol. The standard InChI is InChI=1S/C4HBrF2N2/c5-2-1-8-4(7)9-3(2)6/h1H. The topological polar surface area (TPSA) is 25.8 Å². The van der Waals surface area contributed by atoms with Gasteiger partial charge in [-0.1, -0.05) is 0 Å². The van der Waals surface area contributed by atoms with E-state index in [1.165, 1.54) is 0 Å². The molecule has 9 heavy (non-hydrogen) atoms. The molecular weight excluding hydrogens is 194 g/mol. The van der Waals surface area contributed by atoms with E-state index in [0.717, 1.165) is 6.20 Å². The second-order valence-electron chi connectivity index (χ2n) is 1.28. The highest BCUT2D eigenvalue weighted by molar-refractivity contribution is 9.10. The molecule has 0 amide bonds. The summed E-state index contributed by atoms with van der Waals surface area (Å²) in [5.74, 6) is -0.887. The number of rotatable bonds is 0. The van der Waals surface area contributed by atoms with E-state index in [1.54, 1.807) is 0 Å². The Morgan fingerprint density at radius 1 is 1.44 bits per heavy atom. The normalized spacial score (nSPS) is 9.67. The molecule has 48 valence electrons. The second kappa shape index (κ2) is 2.34. The smallest absolute Gasteiger partial charge is 0.209 e. The Labute approximate surface area is 58.1 Å². The first-order valence-electron chi connectivity index (χ1n) is 2.03. The molecule has 0 aliphatic rings. The van der Waals surface area contributed by atoms with Crippen LogP contribution in [0.5, 0.6) is 0 Å². The van der Waals surface area contributed by atoms with Crippen LogP contribution >= 0.6 is 15.9 Å². The van der Waals surface area contributed by atoms with E-state index in [1.807, 2.05) is 0 Å². The van der Waals surface area contributed by atoms with Crippen LogP contribution in [0, 0.1) is 12.0 Å². The molecule has 2 nitrogen and oxygen atoms in total. The molecule has 0 aromatic carbocycles. The summed E-state index contributed by atoms with van der Waals surface area (Å²) in [5.41, 5.74) is 0. The van der Waals surface area contributed by atoms with Crippen molar-refractivity contribution in [1.29, 1.82) is 0 Å². The molecule has 0 atom stereocenters. The lowest BCUT2D eigenvalue weighted by molar-refractivity contribution is 0.478. The molecule has 1 aromatic rings. The van der Waals surface area contributed by atoms with Crippen molar-refractivity contribution in [2.75, 3.05) is 0 Å². The molecule has 1 aromatic heterocycles. The highest BCUT2D eigenvalue weighted by Gasteiger charge is 2.00. The van der Waals surface area contributed by atoms with Crippen molar-refractivity contribution < 1.29 is 8.78 Å². The quantitative estimate of drug-likeness (QED) is 0.463. The first-order chi connectivity index (χ1) is 4.20. The van der Waals surface area contributed by atoms with Crippen LogP contribution in [0.25, 0.3) is 0 Å². The summed E-state index contributed by atoms with van der Waals surface area (Å²) >= 11 is 2.76. The van der Waals surface area contributed by atoms with Crippen molar-refractivity contribution in [2.45, 2.75) is 0 Å². The van der Waals surface area contributed by atoms with Crippen LogP contribution in [-0.2, 0) is 0 Å². The van der Waals surface area contributed by atoms with Gasteiger partial charge in [0.2, 0.25) is 5.95 Å². The summed E-state index contributed by atoms with van der Waals surface area (Å²) in [7, 11) is 0. The van der Waals surface area contributed by atoms with Gasteiger partial charge in [-0.2, -0.15) is 13.8 Å². The van der Waals surface area contributed by atoms with Crippen molar-refractivity contribution >= 4 is 15.9 Å². The molecule has 0 radical (unpaired) electrons. The van der Waals surface area contributed by atoms with Crippen molar-refractivity contribution in [2.24, 2.45) is 0 Å². The molecule has 0 aliphatic carbocycles. The van der Waals surface area contributed by atoms with Crippen LogP contribution in [0.2, 0.25) is 0 Å². The largest absolute Gasteiger partial charge is 0.311 e. The lowest BCUT2D eigenvalue weighted by Gasteiger charge is -1.88. The van der Waals surface area contributed by atoms with Gasteiger partial charge in [0.1, 0.15) is 0 Å². The van der Waals surface area contributed by atoms with Crippen LogP contribution < -0.4 is 0 Å². The summed E-state index contributed by atoms with van der Waals surface area (Å²) in [5, 5.41) is 0. The van der Waals surface area contributed by atoms with Gasteiger partial charge in [-0.3, -0.25) is 0 Å². The SMILES string of the molecule is Fc1ncc(Br)c(F)n1. The lowest BCUT2D eigenvalue weighted by atomic mass is 10.7. The Balaban J connectivity index is 3.17. The molecule has 0 fully saturated rings. The van der Waals surface area contributed by atoms with Gasteiger partial charge in [0.25, 0.3) is 0 Å². The van der Waals surface area contributed by atoms with E-state index >= 15 is 0 Å². The molecule has 0 bridgehead atoms. The maximum absolute atomic E-state index is 12.1. The highest BCUT2D eigenvalue weighted by Crippen LogP contribution is 2.09. The Kier molecular flexibility index (Phi) is 1.70. The van der Waals surface area contributed by atoms with Gasteiger partial charge in [-0.15, -0.1) is 0 Å². The van der Waals surface area contributed by atoms with E-state index in [0.29, 0.717) is 0 Å². The number of halogens is 3. The van der Waals surface area contributed by atoms with E-state index in [9.17, 15) is 8.78 Å². The Morgan fingerprint density at radius 3 is 2.56 bits per heavy atom. The van der Waals surface area contributed by atoms with Gasteiger partial charge in [-0.05, 0) is 15.9 Å². The van der Waals surface area contributed by atoms with Crippen LogP contribution in [0.15, 0.2) is 10.7 Å². The van der Waals surface area contributed by atoms with Crippen LogP contribution in [0.4, 0.5) is 8.78 Å². The van der Waals surface area contributed by atoms with Crippen molar-refractivity contribution in [3.05, 3.63) is 22.7 Å². The monoisotopic (exact) mass is 194 g/mol. The van der Waals surface area contributed by atoms with Crippen molar-refractivity contribution in [1.82, 2.24) is 9.97 Å². The third kappa shape index (κ3) is 1.41. The summed E-state index contributed by atoms with van der Waals surface area (Å²) < 4.78 is 24.1. The lowest BCUT2D eigenvalue weighted by Crippen LogP contribution is -1.91. The first-order valence-corrected chi connectivity index (χ1v) is 2.83. The van der Waals surface area contributed by atoms with Gasteiger partial charge in [0.05, 0.1) is 10.7 Å². The molecule has 0 N–H and O–H groups in total. The Hall–Kier alpha value is -0.580. The molecular formula is C4HBrF2N2. The summed E-state index contributed by atoms with van der Waals surface area (Å²) in [6.45, 7) is 0. The van der Waals surface area contributed by atoms with E-state index < -0.39 is 12.0 Å². The molecule has 1 heterocycles. The second-order valence-corrected chi connectivity index (χ2v) is 2.13. The summed E-state index contributed by atoms with van der Waals surface area (Å²) in [6.07, 6.45) is -0.0480. The maximum Gasteiger partial charge on any atom is 0.311 e. The number of aromatic nitrogens is 2. The molecule has 0 saturated carbocycles. The zero-order valence-electron chi connectivity index (χ0n) is 4.11. The van der Waals surface area contributed by atoms with Crippen LogP contribution in [-0.4, -0.2) is 9.97 Å². The van der Waals surface area contributed by atoms with Gasteiger partial charge in [0, 0.05) is 0 Å². The Bertz CT molecular complexity index is 228. The minimum Gasteiger partial charge on any atom is -0.209 e. The number of hydrogen-bond acceptors (Lipinski definition) is 2. The molecule has 0 saturated heterocycles. The average Bonchev–Trinajstić information content (AvgIpc) is 1.80. The average molecular weight is 195 g/mol. The van der Waals surface area contributed by atoms with E-state index in [-0.39, 0.29) is 4.47 Å². The minimum absolute atomic E-state index is 0.0592. The fourth-order valence-corrected chi connectivity index (χ4v) is 0.518.